The van der Waals surface area contributed by atoms with Crippen LogP contribution in [0.25, 0.3) is 5.78 Å². The minimum Gasteiger partial charge on any atom is -0.349 e. The van der Waals surface area contributed by atoms with Crippen molar-refractivity contribution in [1.29, 1.82) is 0 Å². The van der Waals surface area contributed by atoms with E-state index < -0.39 is 13.0 Å². The number of anilines is 1. The average molecular weight is 276 g/mol. The van der Waals surface area contributed by atoms with Gasteiger partial charge in [0.05, 0.1) is 6.54 Å². The highest BCUT2D eigenvalue weighted by Gasteiger charge is 2.16. The van der Waals surface area contributed by atoms with Crippen LogP contribution in [0.3, 0.4) is 0 Å². The topological polar surface area (TPSA) is 46.3 Å². The number of halogens is 3. The molecule has 0 saturated carbocycles. The van der Waals surface area contributed by atoms with Crippen LogP contribution in [0.2, 0.25) is 0 Å². The zero-order chi connectivity index (χ0) is 13.1. The summed E-state index contributed by atoms with van der Waals surface area (Å²) in [6.45, 7) is 1.69. The van der Waals surface area contributed by atoms with Gasteiger partial charge in [-0.1, -0.05) is 0 Å². The third kappa shape index (κ3) is 2.66. The molecule has 2 aromatic rings. The minimum absolute atomic E-state index is 0.254. The molecule has 0 radical (unpaired) electrons. The second-order valence-electron chi connectivity index (χ2n) is 3.75. The van der Waals surface area contributed by atoms with Crippen molar-refractivity contribution in [3.8, 4) is 0 Å². The molecule has 8 heteroatoms. The third-order valence-electron chi connectivity index (χ3n) is 2.40. The molecule has 0 atom stereocenters. The number of aromatic nitrogens is 4. The maximum Gasteiger partial charge on any atom is 0.255 e. The van der Waals surface area contributed by atoms with E-state index in [1.807, 2.05) is 0 Å². The SMILES string of the molecule is Cc1cc(N(CCCl)CC(F)F)n2ncnc2n1. The molecule has 2 rings (SSSR count). The Hall–Kier alpha value is -1.50. The van der Waals surface area contributed by atoms with Crippen molar-refractivity contribution in [2.24, 2.45) is 0 Å². The van der Waals surface area contributed by atoms with Gasteiger partial charge in [0.1, 0.15) is 12.1 Å². The van der Waals surface area contributed by atoms with Crippen LogP contribution in [-0.2, 0) is 0 Å². The molecule has 0 spiro atoms. The van der Waals surface area contributed by atoms with E-state index in [0.29, 0.717) is 23.8 Å². The molecule has 0 aliphatic carbocycles. The van der Waals surface area contributed by atoms with Gasteiger partial charge in [-0.25, -0.2) is 13.8 Å². The number of fused-ring (bicyclic) bond motifs is 1. The van der Waals surface area contributed by atoms with E-state index in [1.165, 1.54) is 15.7 Å². The second-order valence-corrected chi connectivity index (χ2v) is 4.13. The van der Waals surface area contributed by atoms with Gasteiger partial charge >= 0.3 is 0 Å². The van der Waals surface area contributed by atoms with Crippen molar-refractivity contribution < 1.29 is 8.78 Å². The van der Waals surface area contributed by atoms with Crippen molar-refractivity contribution in [1.82, 2.24) is 19.6 Å². The van der Waals surface area contributed by atoms with Crippen LogP contribution in [0, 0.1) is 6.92 Å². The predicted octanol–water partition coefficient (Wildman–Crippen LogP) is 1.74. The Morgan fingerprint density at radius 1 is 1.50 bits per heavy atom. The largest absolute Gasteiger partial charge is 0.349 e. The zero-order valence-corrected chi connectivity index (χ0v) is 10.5. The van der Waals surface area contributed by atoms with Gasteiger partial charge in [-0.15, -0.1) is 11.6 Å². The standard InChI is InChI=1S/C10H12ClF2N5/c1-7-4-9(17(3-2-11)5-8(12)13)18-10(16-7)14-6-15-18/h4,6,8H,2-3,5H2,1H3. The van der Waals surface area contributed by atoms with E-state index in [9.17, 15) is 8.78 Å². The Balaban J connectivity index is 2.44. The van der Waals surface area contributed by atoms with Gasteiger partial charge in [-0.2, -0.15) is 14.6 Å². The molecular formula is C10H12ClF2N5. The summed E-state index contributed by atoms with van der Waals surface area (Å²) in [4.78, 5) is 9.60. The van der Waals surface area contributed by atoms with E-state index >= 15 is 0 Å². The lowest BCUT2D eigenvalue weighted by Crippen LogP contribution is -2.32. The molecule has 2 aromatic heterocycles. The Bertz CT molecular complexity index is 530. The molecular weight excluding hydrogens is 264 g/mol. The first-order chi connectivity index (χ1) is 8.61. The van der Waals surface area contributed by atoms with Crippen LogP contribution < -0.4 is 4.90 Å². The molecule has 98 valence electrons. The molecule has 18 heavy (non-hydrogen) atoms. The summed E-state index contributed by atoms with van der Waals surface area (Å²) in [5, 5.41) is 3.98. The fourth-order valence-corrected chi connectivity index (χ4v) is 1.91. The summed E-state index contributed by atoms with van der Waals surface area (Å²) in [5.74, 6) is 1.17. The summed E-state index contributed by atoms with van der Waals surface area (Å²) in [7, 11) is 0. The van der Waals surface area contributed by atoms with E-state index in [0.717, 1.165) is 0 Å². The molecule has 0 saturated heterocycles. The number of rotatable bonds is 5. The summed E-state index contributed by atoms with van der Waals surface area (Å²) in [6.07, 6.45) is -1.10. The van der Waals surface area contributed by atoms with Crippen LogP contribution in [0.15, 0.2) is 12.4 Å². The van der Waals surface area contributed by atoms with Gasteiger partial charge in [0, 0.05) is 24.2 Å². The van der Waals surface area contributed by atoms with Crippen molar-refractivity contribution >= 4 is 23.2 Å². The molecule has 0 aliphatic heterocycles. The Kier molecular flexibility index (Phi) is 3.90. The predicted molar refractivity (Wildman–Crippen MR) is 64.5 cm³/mol. The highest BCUT2D eigenvalue weighted by molar-refractivity contribution is 6.18. The number of aryl methyl sites for hydroxylation is 1. The molecule has 0 bridgehead atoms. The smallest absolute Gasteiger partial charge is 0.255 e. The Morgan fingerprint density at radius 2 is 2.28 bits per heavy atom. The fraction of sp³-hybridized carbons (Fsp3) is 0.500. The molecule has 0 aliphatic rings. The molecule has 0 N–H and O–H groups in total. The van der Waals surface area contributed by atoms with E-state index in [1.54, 1.807) is 13.0 Å². The van der Waals surface area contributed by atoms with Crippen LogP contribution in [0.4, 0.5) is 14.6 Å². The van der Waals surface area contributed by atoms with Gasteiger partial charge in [-0.3, -0.25) is 0 Å². The number of hydrogen-bond donors (Lipinski definition) is 0. The number of nitrogens with zero attached hydrogens (tertiary/aromatic N) is 5. The first-order valence-corrected chi connectivity index (χ1v) is 5.91. The number of alkyl halides is 3. The normalized spacial score (nSPS) is 11.4. The summed E-state index contributed by atoms with van der Waals surface area (Å²) in [5.41, 5.74) is 0.694. The van der Waals surface area contributed by atoms with Crippen LogP contribution in [0.5, 0.6) is 0 Å². The lowest BCUT2D eigenvalue weighted by molar-refractivity contribution is 0.155. The maximum absolute atomic E-state index is 12.6. The minimum atomic E-state index is -2.44. The average Bonchev–Trinajstić information content (AvgIpc) is 2.74. The molecule has 0 fully saturated rings. The zero-order valence-electron chi connectivity index (χ0n) is 9.72. The number of hydrogen-bond acceptors (Lipinski definition) is 4. The quantitative estimate of drug-likeness (QED) is 0.780. The van der Waals surface area contributed by atoms with Crippen LogP contribution >= 0.6 is 11.6 Å². The fourth-order valence-electron chi connectivity index (χ4n) is 1.70. The van der Waals surface area contributed by atoms with Gasteiger partial charge in [0.25, 0.3) is 12.2 Å². The van der Waals surface area contributed by atoms with Gasteiger partial charge < -0.3 is 4.90 Å². The highest BCUT2D eigenvalue weighted by Crippen LogP contribution is 2.17. The van der Waals surface area contributed by atoms with E-state index in [4.69, 9.17) is 11.6 Å². The maximum atomic E-state index is 12.6. The van der Waals surface area contributed by atoms with Crippen molar-refractivity contribution in [2.45, 2.75) is 13.3 Å². The Labute approximate surface area is 107 Å². The van der Waals surface area contributed by atoms with Crippen LogP contribution in [-0.4, -0.2) is 45.0 Å². The summed E-state index contributed by atoms with van der Waals surface area (Å²) >= 11 is 5.65. The first-order valence-electron chi connectivity index (χ1n) is 5.38. The van der Waals surface area contributed by atoms with Crippen LogP contribution in [0.1, 0.15) is 5.69 Å². The van der Waals surface area contributed by atoms with Crippen molar-refractivity contribution in [3.63, 3.8) is 0 Å². The second kappa shape index (κ2) is 5.43. The molecule has 5 nitrogen and oxygen atoms in total. The molecule has 2 heterocycles. The highest BCUT2D eigenvalue weighted by atomic mass is 35.5. The van der Waals surface area contributed by atoms with Crippen molar-refractivity contribution in [3.05, 3.63) is 18.1 Å². The lowest BCUT2D eigenvalue weighted by Gasteiger charge is -2.23. The molecule has 0 amide bonds. The van der Waals surface area contributed by atoms with Gasteiger partial charge in [0.2, 0.25) is 0 Å². The van der Waals surface area contributed by atoms with Gasteiger partial charge in [-0.05, 0) is 6.92 Å². The lowest BCUT2D eigenvalue weighted by atomic mass is 10.4. The molecule has 0 aromatic carbocycles. The molecule has 0 unspecified atom stereocenters. The summed E-state index contributed by atoms with van der Waals surface area (Å²) < 4.78 is 26.6. The first kappa shape index (κ1) is 12.9. The van der Waals surface area contributed by atoms with E-state index in [-0.39, 0.29) is 5.88 Å². The summed E-state index contributed by atoms with van der Waals surface area (Å²) in [6, 6.07) is 1.69. The Morgan fingerprint density at radius 3 is 2.94 bits per heavy atom. The van der Waals surface area contributed by atoms with Gasteiger partial charge in [0.15, 0.2) is 0 Å². The monoisotopic (exact) mass is 275 g/mol. The van der Waals surface area contributed by atoms with Crippen molar-refractivity contribution in [2.75, 3.05) is 23.9 Å². The third-order valence-corrected chi connectivity index (χ3v) is 2.57. The van der Waals surface area contributed by atoms with E-state index in [2.05, 4.69) is 15.1 Å².